The van der Waals surface area contributed by atoms with Gasteiger partial charge in [0.25, 0.3) is 5.69 Å². The number of hydrogen-bond acceptors (Lipinski definition) is 4. The van der Waals surface area contributed by atoms with E-state index in [4.69, 9.17) is 0 Å². The molecule has 0 aromatic heterocycles. The average molecular weight is 363 g/mol. The van der Waals surface area contributed by atoms with Crippen LogP contribution in [0.3, 0.4) is 0 Å². The molecule has 0 spiro atoms. The normalized spacial score (nSPS) is 17.1. The number of amides is 1. The lowest BCUT2D eigenvalue weighted by Gasteiger charge is -2.22. The van der Waals surface area contributed by atoms with Gasteiger partial charge in [0.1, 0.15) is 0 Å². The molecule has 0 N–H and O–H groups in total. The summed E-state index contributed by atoms with van der Waals surface area (Å²) in [5.74, 6) is -2.11. The van der Waals surface area contributed by atoms with E-state index in [0.717, 1.165) is 0 Å². The van der Waals surface area contributed by atoms with Crippen LogP contribution in [0.25, 0.3) is 0 Å². The van der Waals surface area contributed by atoms with Gasteiger partial charge in [0.2, 0.25) is 0 Å². The number of benzene rings is 2. The summed E-state index contributed by atoms with van der Waals surface area (Å²) in [5.41, 5.74) is 0.335. The molecule has 0 aliphatic carbocycles. The Bertz CT molecular complexity index is 882. The van der Waals surface area contributed by atoms with Crippen LogP contribution in [0.2, 0.25) is 0 Å². The first kappa shape index (κ1) is 17.6. The minimum absolute atomic E-state index is 0.0588. The maximum absolute atomic E-state index is 13.0. The fraction of sp³-hybridized carbons (Fsp3) is 0.176. The number of nitro groups is 1. The van der Waals surface area contributed by atoms with Gasteiger partial charge in [0.05, 0.1) is 22.2 Å². The predicted octanol–water partition coefficient (Wildman–Crippen LogP) is 3.83. The van der Waals surface area contributed by atoms with Crippen LogP contribution in [-0.2, 0) is 4.79 Å². The fourth-order valence-corrected chi connectivity index (χ4v) is 2.80. The molecule has 134 valence electrons. The summed E-state index contributed by atoms with van der Waals surface area (Å²) < 4.78 is 38.9. The van der Waals surface area contributed by atoms with E-state index in [1.54, 1.807) is 30.3 Å². The van der Waals surface area contributed by atoms with Gasteiger partial charge < -0.3 is 0 Å². The van der Waals surface area contributed by atoms with Gasteiger partial charge in [-0.1, -0.05) is 42.5 Å². The van der Waals surface area contributed by atoms with Crippen LogP contribution in [0.5, 0.6) is 0 Å². The SMILES string of the molecule is O=C(N1N=C(c2ccccc2[N+](=O)[O-])C[C@@H]1c1ccccc1)C(F)(F)F. The van der Waals surface area contributed by atoms with Gasteiger partial charge in [-0.2, -0.15) is 18.3 Å². The Labute approximate surface area is 145 Å². The van der Waals surface area contributed by atoms with Crippen LogP contribution in [-0.4, -0.2) is 27.7 Å². The quantitative estimate of drug-likeness (QED) is 0.614. The maximum atomic E-state index is 13.0. The Morgan fingerprint density at radius 3 is 2.35 bits per heavy atom. The largest absolute Gasteiger partial charge is 0.473 e. The highest BCUT2D eigenvalue weighted by molar-refractivity contribution is 6.06. The minimum atomic E-state index is -5.10. The van der Waals surface area contributed by atoms with Gasteiger partial charge in [-0.05, 0) is 11.6 Å². The Balaban J connectivity index is 2.06. The van der Waals surface area contributed by atoms with Gasteiger partial charge in [0, 0.05) is 12.5 Å². The molecule has 1 aliphatic heterocycles. The lowest BCUT2D eigenvalue weighted by atomic mass is 9.97. The number of rotatable bonds is 3. The molecule has 3 rings (SSSR count). The summed E-state index contributed by atoms with van der Waals surface area (Å²) in [7, 11) is 0. The number of para-hydroxylation sites is 1. The van der Waals surface area contributed by atoms with Crippen molar-refractivity contribution < 1.29 is 22.9 Å². The monoisotopic (exact) mass is 363 g/mol. The van der Waals surface area contributed by atoms with Crippen LogP contribution < -0.4 is 0 Å². The molecule has 0 fully saturated rings. The van der Waals surface area contributed by atoms with Crippen LogP contribution in [0, 0.1) is 10.1 Å². The summed E-state index contributed by atoms with van der Waals surface area (Å²) in [6.45, 7) is 0. The van der Waals surface area contributed by atoms with Crippen molar-refractivity contribution in [2.24, 2.45) is 5.10 Å². The number of carbonyl (C=O) groups is 1. The van der Waals surface area contributed by atoms with Gasteiger partial charge in [-0.3, -0.25) is 14.9 Å². The minimum Gasteiger partial charge on any atom is -0.262 e. The molecule has 1 aliphatic rings. The molecule has 0 saturated heterocycles. The third-order valence-electron chi connectivity index (χ3n) is 3.96. The molecule has 2 aromatic rings. The smallest absolute Gasteiger partial charge is 0.262 e. The van der Waals surface area contributed by atoms with E-state index >= 15 is 0 Å². The summed E-state index contributed by atoms with van der Waals surface area (Å²) in [6.07, 6.45) is -5.16. The van der Waals surface area contributed by atoms with E-state index in [-0.39, 0.29) is 23.4 Å². The average Bonchev–Trinajstić information content (AvgIpc) is 3.06. The summed E-state index contributed by atoms with van der Waals surface area (Å²) in [4.78, 5) is 22.4. The highest BCUT2D eigenvalue weighted by atomic mass is 19.4. The first-order valence-corrected chi connectivity index (χ1v) is 7.55. The van der Waals surface area contributed by atoms with Crippen molar-refractivity contribution in [2.75, 3.05) is 0 Å². The third kappa shape index (κ3) is 3.28. The Kier molecular flexibility index (Phi) is 4.45. The summed E-state index contributed by atoms with van der Waals surface area (Å²) in [5, 5.41) is 15.4. The summed E-state index contributed by atoms with van der Waals surface area (Å²) in [6, 6.07) is 12.8. The lowest BCUT2D eigenvalue weighted by molar-refractivity contribution is -0.385. The van der Waals surface area contributed by atoms with E-state index in [1.165, 1.54) is 24.3 Å². The molecule has 0 saturated carbocycles. The second kappa shape index (κ2) is 6.58. The second-order valence-electron chi connectivity index (χ2n) is 5.60. The van der Waals surface area contributed by atoms with E-state index in [2.05, 4.69) is 5.10 Å². The first-order chi connectivity index (χ1) is 12.3. The Morgan fingerprint density at radius 1 is 1.12 bits per heavy atom. The maximum Gasteiger partial charge on any atom is 0.473 e. The number of nitrogens with zero attached hydrogens (tertiary/aromatic N) is 3. The molecule has 1 heterocycles. The molecule has 0 bridgehead atoms. The molecule has 2 aromatic carbocycles. The summed E-state index contributed by atoms with van der Waals surface area (Å²) >= 11 is 0. The molecule has 6 nitrogen and oxygen atoms in total. The first-order valence-electron chi connectivity index (χ1n) is 7.55. The van der Waals surface area contributed by atoms with Crippen molar-refractivity contribution in [1.82, 2.24) is 5.01 Å². The van der Waals surface area contributed by atoms with Gasteiger partial charge in [-0.25, -0.2) is 5.01 Å². The van der Waals surface area contributed by atoms with Crippen molar-refractivity contribution in [2.45, 2.75) is 18.6 Å². The van der Waals surface area contributed by atoms with Crippen molar-refractivity contribution in [3.8, 4) is 0 Å². The zero-order valence-corrected chi connectivity index (χ0v) is 13.2. The number of hydrogen-bond donors (Lipinski definition) is 0. The molecule has 0 unspecified atom stereocenters. The fourth-order valence-electron chi connectivity index (χ4n) is 2.80. The van der Waals surface area contributed by atoms with Gasteiger partial charge in [-0.15, -0.1) is 0 Å². The zero-order valence-electron chi connectivity index (χ0n) is 13.2. The van der Waals surface area contributed by atoms with Crippen molar-refractivity contribution in [3.63, 3.8) is 0 Å². The molecule has 9 heteroatoms. The Hall–Kier alpha value is -3.23. The zero-order chi connectivity index (χ0) is 18.9. The van der Waals surface area contributed by atoms with Crippen LogP contribution in [0.4, 0.5) is 18.9 Å². The topological polar surface area (TPSA) is 75.8 Å². The van der Waals surface area contributed by atoms with Crippen molar-refractivity contribution in [1.29, 1.82) is 0 Å². The Morgan fingerprint density at radius 2 is 1.73 bits per heavy atom. The van der Waals surface area contributed by atoms with Crippen LogP contribution in [0.15, 0.2) is 59.7 Å². The number of hydrazone groups is 1. The van der Waals surface area contributed by atoms with Crippen molar-refractivity contribution in [3.05, 3.63) is 75.8 Å². The molecular weight excluding hydrogens is 351 g/mol. The van der Waals surface area contributed by atoms with Crippen LogP contribution in [0.1, 0.15) is 23.6 Å². The van der Waals surface area contributed by atoms with Gasteiger partial charge >= 0.3 is 12.1 Å². The standard InChI is InChI=1S/C17H12F3N3O3/c18-17(19,20)16(24)22-15(11-6-2-1-3-7-11)10-13(21-22)12-8-4-5-9-14(12)23(25)26/h1-9,15H,10H2/t15-/m1/s1. The number of carbonyl (C=O) groups excluding carboxylic acids is 1. The van der Waals surface area contributed by atoms with Gasteiger partial charge in [0.15, 0.2) is 0 Å². The van der Waals surface area contributed by atoms with E-state index < -0.39 is 23.0 Å². The number of halogens is 3. The highest BCUT2D eigenvalue weighted by Crippen LogP contribution is 2.37. The molecule has 1 atom stereocenters. The number of alkyl halides is 3. The van der Waals surface area contributed by atoms with E-state index in [1.807, 2.05) is 0 Å². The van der Waals surface area contributed by atoms with Crippen molar-refractivity contribution >= 4 is 17.3 Å². The number of nitro benzene ring substituents is 1. The highest BCUT2D eigenvalue weighted by Gasteiger charge is 2.48. The molecule has 1 amide bonds. The van der Waals surface area contributed by atoms with E-state index in [0.29, 0.717) is 10.6 Å². The molecular formula is C17H12F3N3O3. The molecule has 0 radical (unpaired) electrons. The van der Waals surface area contributed by atoms with Crippen LogP contribution >= 0.6 is 0 Å². The lowest BCUT2D eigenvalue weighted by Crippen LogP contribution is -2.38. The third-order valence-corrected chi connectivity index (χ3v) is 3.96. The second-order valence-corrected chi connectivity index (χ2v) is 5.60. The predicted molar refractivity (Wildman–Crippen MR) is 86.3 cm³/mol. The van der Waals surface area contributed by atoms with E-state index in [9.17, 15) is 28.1 Å². The molecule has 26 heavy (non-hydrogen) atoms.